The van der Waals surface area contributed by atoms with Crippen LogP contribution in [0.25, 0.3) is 0 Å². The fourth-order valence-corrected chi connectivity index (χ4v) is 4.50. The molecule has 0 aliphatic rings. The van der Waals surface area contributed by atoms with Crippen LogP contribution in [-0.4, -0.2) is 37.3 Å². The lowest BCUT2D eigenvalue weighted by atomic mass is 10.1. The first-order valence-corrected chi connectivity index (χ1v) is 9.28. The van der Waals surface area contributed by atoms with Gasteiger partial charge in [-0.1, -0.05) is 13.0 Å². The molecular formula is C15H23BrN2O3S. The minimum absolute atomic E-state index is 0.170. The van der Waals surface area contributed by atoms with Gasteiger partial charge < -0.3 is 5.32 Å². The van der Waals surface area contributed by atoms with Gasteiger partial charge in [-0.15, -0.1) is 0 Å². The maximum absolute atomic E-state index is 12.7. The van der Waals surface area contributed by atoms with Gasteiger partial charge in [0.15, 0.2) is 0 Å². The minimum Gasteiger partial charge on any atom is -0.350 e. The summed E-state index contributed by atoms with van der Waals surface area (Å²) in [7, 11) is -3.72. The van der Waals surface area contributed by atoms with Crippen LogP contribution in [0.5, 0.6) is 0 Å². The van der Waals surface area contributed by atoms with Crippen molar-refractivity contribution < 1.29 is 13.2 Å². The molecule has 1 aromatic rings. The lowest BCUT2D eigenvalue weighted by Gasteiger charge is -2.25. The molecule has 0 heterocycles. The second kappa shape index (κ2) is 7.10. The lowest BCUT2D eigenvalue weighted by Crippen LogP contribution is -2.47. The zero-order chi connectivity index (χ0) is 17.1. The summed E-state index contributed by atoms with van der Waals surface area (Å²) in [6.45, 7) is 9.18. The van der Waals surface area contributed by atoms with Crippen LogP contribution >= 0.6 is 15.9 Å². The Hall–Kier alpha value is -0.920. The summed E-state index contributed by atoms with van der Waals surface area (Å²) in [5.74, 6) is -0.318. The van der Waals surface area contributed by atoms with E-state index in [2.05, 4.69) is 21.2 Å². The maximum atomic E-state index is 12.7. The van der Waals surface area contributed by atoms with E-state index in [-0.39, 0.29) is 23.9 Å². The molecule has 1 N–H and O–H groups in total. The molecule has 0 aliphatic carbocycles. The summed E-state index contributed by atoms with van der Waals surface area (Å²) >= 11 is 3.29. The number of carbonyl (C=O) groups is 1. The third-order valence-electron chi connectivity index (χ3n) is 2.89. The minimum atomic E-state index is -3.72. The average molecular weight is 391 g/mol. The van der Waals surface area contributed by atoms with Crippen LogP contribution in [0.3, 0.4) is 0 Å². The quantitative estimate of drug-likeness (QED) is 0.839. The number of nitrogens with one attached hydrogen (secondary N) is 1. The van der Waals surface area contributed by atoms with Gasteiger partial charge in [-0.2, -0.15) is 4.31 Å². The van der Waals surface area contributed by atoms with Crippen LogP contribution in [-0.2, 0) is 14.8 Å². The Kier molecular flexibility index (Phi) is 6.18. The van der Waals surface area contributed by atoms with Gasteiger partial charge in [-0.05, 0) is 61.3 Å². The highest BCUT2D eigenvalue weighted by molar-refractivity contribution is 9.10. The third-order valence-corrected chi connectivity index (χ3v) is 5.79. The molecular weight excluding hydrogens is 368 g/mol. The van der Waals surface area contributed by atoms with Crippen molar-refractivity contribution in [3.8, 4) is 0 Å². The zero-order valence-electron chi connectivity index (χ0n) is 13.6. The third kappa shape index (κ3) is 5.07. The van der Waals surface area contributed by atoms with Crippen LogP contribution < -0.4 is 5.32 Å². The Bertz CT molecular complexity index is 651. The molecule has 124 valence electrons. The number of halogens is 1. The van der Waals surface area contributed by atoms with Crippen molar-refractivity contribution in [3.05, 3.63) is 28.2 Å². The number of hydrogen-bond donors (Lipinski definition) is 1. The molecule has 0 saturated heterocycles. The predicted molar refractivity (Wildman–Crippen MR) is 91.2 cm³/mol. The summed E-state index contributed by atoms with van der Waals surface area (Å²) in [5, 5.41) is 2.77. The van der Waals surface area contributed by atoms with Gasteiger partial charge in [0.1, 0.15) is 0 Å². The molecule has 0 saturated carbocycles. The van der Waals surface area contributed by atoms with Crippen molar-refractivity contribution in [2.24, 2.45) is 0 Å². The Labute approximate surface area is 141 Å². The van der Waals surface area contributed by atoms with Crippen LogP contribution in [0.15, 0.2) is 27.6 Å². The number of aryl methyl sites for hydroxylation is 1. The molecule has 5 nitrogen and oxygen atoms in total. The van der Waals surface area contributed by atoms with Crippen LogP contribution in [0.2, 0.25) is 0 Å². The highest BCUT2D eigenvalue weighted by atomic mass is 79.9. The first-order chi connectivity index (χ1) is 9.97. The summed E-state index contributed by atoms with van der Waals surface area (Å²) < 4.78 is 27.1. The van der Waals surface area contributed by atoms with Crippen LogP contribution in [0.1, 0.15) is 33.3 Å². The highest BCUT2D eigenvalue weighted by Gasteiger charge is 2.28. The Balaban J connectivity index is 3.05. The molecule has 0 radical (unpaired) electrons. The molecule has 0 bridgehead atoms. The lowest BCUT2D eigenvalue weighted by molar-refractivity contribution is -0.122. The molecule has 0 aliphatic heterocycles. The van der Waals surface area contributed by atoms with E-state index in [9.17, 15) is 13.2 Å². The average Bonchev–Trinajstić information content (AvgIpc) is 2.32. The fourth-order valence-electron chi connectivity index (χ4n) is 1.94. The van der Waals surface area contributed by atoms with E-state index in [1.807, 2.05) is 27.7 Å². The predicted octanol–water partition coefficient (Wildman–Crippen LogP) is 2.68. The van der Waals surface area contributed by atoms with Gasteiger partial charge >= 0.3 is 0 Å². The summed E-state index contributed by atoms with van der Waals surface area (Å²) in [6, 6.07) is 5.04. The second-order valence-electron chi connectivity index (χ2n) is 6.16. The summed E-state index contributed by atoms with van der Waals surface area (Å²) in [6.07, 6.45) is 0. The molecule has 1 amide bonds. The Morgan fingerprint density at radius 3 is 2.36 bits per heavy atom. The summed E-state index contributed by atoms with van der Waals surface area (Å²) in [5.41, 5.74) is 0.560. The first kappa shape index (κ1) is 19.1. The van der Waals surface area contributed by atoms with E-state index in [4.69, 9.17) is 0 Å². The topological polar surface area (TPSA) is 66.5 Å². The van der Waals surface area contributed by atoms with E-state index in [0.717, 1.165) is 5.56 Å². The van der Waals surface area contributed by atoms with E-state index in [0.29, 0.717) is 4.47 Å². The van der Waals surface area contributed by atoms with Crippen molar-refractivity contribution in [2.45, 2.75) is 45.1 Å². The molecule has 0 atom stereocenters. The number of nitrogens with zero attached hydrogens (tertiary/aromatic N) is 1. The fraction of sp³-hybridized carbons (Fsp3) is 0.533. The number of amides is 1. The van der Waals surface area contributed by atoms with Crippen molar-refractivity contribution in [2.75, 3.05) is 13.1 Å². The SMILES string of the molecule is CCN(CC(=O)NC(C)(C)C)S(=O)(=O)c1ccc(C)cc1Br. The van der Waals surface area contributed by atoms with Crippen molar-refractivity contribution >= 4 is 31.9 Å². The molecule has 7 heteroatoms. The van der Waals surface area contributed by atoms with Gasteiger partial charge in [0.05, 0.1) is 11.4 Å². The number of carbonyl (C=O) groups excluding carboxylic acids is 1. The molecule has 0 aromatic heterocycles. The Morgan fingerprint density at radius 2 is 1.91 bits per heavy atom. The van der Waals surface area contributed by atoms with Crippen molar-refractivity contribution in [1.82, 2.24) is 9.62 Å². The molecule has 1 aromatic carbocycles. The smallest absolute Gasteiger partial charge is 0.244 e. The Morgan fingerprint density at radius 1 is 1.32 bits per heavy atom. The zero-order valence-corrected chi connectivity index (χ0v) is 16.0. The van der Waals surface area contributed by atoms with Crippen molar-refractivity contribution in [1.29, 1.82) is 0 Å². The highest BCUT2D eigenvalue weighted by Crippen LogP contribution is 2.26. The molecule has 1 rings (SSSR count). The molecule has 0 spiro atoms. The number of benzene rings is 1. The monoisotopic (exact) mass is 390 g/mol. The number of rotatable bonds is 5. The van der Waals surface area contributed by atoms with Gasteiger partial charge in [0, 0.05) is 16.6 Å². The second-order valence-corrected chi connectivity index (χ2v) is 8.92. The largest absolute Gasteiger partial charge is 0.350 e. The van der Waals surface area contributed by atoms with Gasteiger partial charge in [-0.3, -0.25) is 4.79 Å². The molecule has 22 heavy (non-hydrogen) atoms. The standard InChI is InChI=1S/C15H23BrN2O3S/c1-6-18(10-14(19)17-15(3,4)5)22(20,21)13-8-7-11(2)9-12(13)16/h7-9H,6,10H2,1-5H3,(H,17,19). The van der Waals surface area contributed by atoms with Crippen LogP contribution in [0, 0.1) is 6.92 Å². The maximum Gasteiger partial charge on any atom is 0.244 e. The van der Waals surface area contributed by atoms with E-state index in [1.54, 1.807) is 25.1 Å². The molecule has 0 fully saturated rings. The number of sulfonamides is 1. The normalized spacial score (nSPS) is 12.5. The van der Waals surface area contributed by atoms with E-state index < -0.39 is 15.6 Å². The van der Waals surface area contributed by atoms with E-state index in [1.165, 1.54) is 4.31 Å². The molecule has 0 unspecified atom stereocenters. The van der Waals surface area contributed by atoms with Gasteiger partial charge in [-0.25, -0.2) is 8.42 Å². The summed E-state index contributed by atoms with van der Waals surface area (Å²) in [4.78, 5) is 12.2. The van der Waals surface area contributed by atoms with Crippen molar-refractivity contribution in [3.63, 3.8) is 0 Å². The number of likely N-dealkylation sites (N-methyl/N-ethyl adjacent to an activating group) is 1. The number of hydrogen-bond acceptors (Lipinski definition) is 3. The van der Waals surface area contributed by atoms with Gasteiger partial charge in [0.2, 0.25) is 15.9 Å². The first-order valence-electron chi connectivity index (χ1n) is 7.04. The van der Waals surface area contributed by atoms with Crippen LogP contribution in [0.4, 0.5) is 0 Å². The van der Waals surface area contributed by atoms with Gasteiger partial charge in [0.25, 0.3) is 0 Å². The van der Waals surface area contributed by atoms with E-state index >= 15 is 0 Å².